The standard InChI is InChI=1S/C31H32N4O3S/c1-31(30(37)32-20-23-7-5-4-6-8-23)21-35-28(19-27(33-35)24-11-13-25(38-2)14-12-24)29(36)34(31)18-17-22-9-15-26(39-3)16-10-22/h4-16,19H,17-18,20-21H2,1-3H3,(H,32,37)/t31-/m0/s1. The number of amides is 2. The maximum Gasteiger partial charge on any atom is 0.273 e. The van der Waals surface area contributed by atoms with Gasteiger partial charge < -0.3 is 15.0 Å². The third kappa shape index (κ3) is 5.56. The highest BCUT2D eigenvalue weighted by molar-refractivity contribution is 7.98. The molecule has 2 amide bonds. The van der Waals surface area contributed by atoms with Gasteiger partial charge in [-0.3, -0.25) is 14.3 Å². The summed E-state index contributed by atoms with van der Waals surface area (Å²) in [5.74, 6) is 0.342. The zero-order chi connectivity index (χ0) is 27.4. The number of fused-ring (bicyclic) bond motifs is 1. The summed E-state index contributed by atoms with van der Waals surface area (Å²) >= 11 is 1.69. The van der Waals surface area contributed by atoms with Gasteiger partial charge in [-0.05, 0) is 73.2 Å². The number of carbonyl (C=O) groups is 2. The summed E-state index contributed by atoms with van der Waals surface area (Å²) in [6, 6.07) is 27.5. The average molecular weight is 541 g/mol. The molecule has 5 rings (SSSR count). The Bertz CT molecular complexity index is 1450. The molecule has 1 atom stereocenters. The van der Waals surface area contributed by atoms with Crippen molar-refractivity contribution in [2.24, 2.45) is 0 Å². The largest absolute Gasteiger partial charge is 0.497 e. The monoisotopic (exact) mass is 540 g/mol. The van der Waals surface area contributed by atoms with Crippen LogP contribution in [0.2, 0.25) is 0 Å². The normalized spacial score (nSPS) is 16.6. The minimum Gasteiger partial charge on any atom is -0.497 e. The molecule has 0 radical (unpaired) electrons. The minimum atomic E-state index is -1.11. The van der Waals surface area contributed by atoms with Crippen LogP contribution >= 0.6 is 11.8 Å². The molecular weight excluding hydrogens is 508 g/mol. The van der Waals surface area contributed by atoms with Gasteiger partial charge in [-0.25, -0.2) is 0 Å². The number of hydrogen-bond acceptors (Lipinski definition) is 5. The van der Waals surface area contributed by atoms with Gasteiger partial charge in [-0.15, -0.1) is 11.8 Å². The third-order valence-electron chi connectivity index (χ3n) is 7.25. The summed E-state index contributed by atoms with van der Waals surface area (Å²) in [6.07, 6.45) is 2.69. The Kier molecular flexibility index (Phi) is 7.74. The van der Waals surface area contributed by atoms with Crippen molar-refractivity contribution in [3.63, 3.8) is 0 Å². The Morgan fingerprint density at radius 1 is 1.03 bits per heavy atom. The first kappa shape index (κ1) is 26.6. The van der Waals surface area contributed by atoms with Crippen LogP contribution in [0, 0.1) is 0 Å². The van der Waals surface area contributed by atoms with Gasteiger partial charge in [0.2, 0.25) is 5.91 Å². The molecule has 0 unspecified atom stereocenters. The zero-order valence-electron chi connectivity index (χ0n) is 22.4. The second-order valence-corrected chi connectivity index (χ2v) is 10.7. The van der Waals surface area contributed by atoms with Gasteiger partial charge >= 0.3 is 0 Å². The van der Waals surface area contributed by atoms with Crippen molar-refractivity contribution in [1.82, 2.24) is 20.0 Å². The van der Waals surface area contributed by atoms with E-state index in [4.69, 9.17) is 9.84 Å². The number of methoxy groups -OCH3 is 1. The highest BCUT2D eigenvalue weighted by atomic mass is 32.2. The van der Waals surface area contributed by atoms with Crippen molar-refractivity contribution in [2.45, 2.75) is 36.9 Å². The van der Waals surface area contributed by atoms with Crippen LogP contribution in [0.15, 0.2) is 89.8 Å². The van der Waals surface area contributed by atoms with E-state index in [2.05, 4.69) is 29.6 Å². The number of thioether (sulfide) groups is 1. The highest BCUT2D eigenvalue weighted by Crippen LogP contribution is 2.31. The van der Waals surface area contributed by atoms with E-state index in [1.165, 1.54) is 4.90 Å². The molecule has 7 nitrogen and oxygen atoms in total. The fraction of sp³-hybridized carbons (Fsp3) is 0.258. The van der Waals surface area contributed by atoms with Crippen LogP contribution in [-0.2, 0) is 24.3 Å². The Morgan fingerprint density at radius 3 is 2.41 bits per heavy atom. The summed E-state index contributed by atoms with van der Waals surface area (Å²) < 4.78 is 6.94. The van der Waals surface area contributed by atoms with Gasteiger partial charge in [-0.2, -0.15) is 5.10 Å². The Balaban J connectivity index is 1.44. The van der Waals surface area contributed by atoms with E-state index in [0.29, 0.717) is 30.9 Å². The third-order valence-corrected chi connectivity index (χ3v) is 8.00. The van der Waals surface area contributed by atoms with E-state index in [-0.39, 0.29) is 18.4 Å². The number of carbonyl (C=O) groups excluding carboxylic acids is 2. The number of benzene rings is 3. The second kappa shape index (κ2) is 11.4. The summed E-state index contributed by atoms with van der Waals surface area (Å²) in [5.41, 5.74) is 3.04. The quantitative estimate of drug-likeness (QED) is 0.301. The zero-order valence-corrected chi connectivity index (χ0v) is 23.2. The first-order valence-corrected chi connectivity index (χ1v) is 14.1. The summed E-state index contributed by atoms with van der Waals surface area (Å²) in [7, 11) is 1.62. The van der Waals surface area contributed by atoms with Crippen LogP contribution in [0.5, 0.6) is 5.75 Å². The molecule has 1 aromatic heterocycles. The number of aromatic nitrogens is 2. The topological polar surface area (TPSA) is 76.5 Å². The van der Waals surface area contributed by atoms with Gasteiger partial charge in [-0.1, -0.05) is 42.5 Å². The van der Waals surface area contributed by atoms with Crippen molar-refractivity contribution in [2.75, 3.05) is 19.9 Å². The van der Waals surface area contributed by atoms with Crippen LogP contribution < -0.4 is 10.1 Å². The van der Waals surface area contributed by atoms with Crippen molar-refractivity contribution in [3.05, 3.63) is 102 Å². The van der Waals surface area contributed by atoms with E-state index in [9.17, 15) is 9.59 Å². The van der Waals surface area contributed by atoms with Crippen molar-refractivity contribution in [3.8, 4) is 17.0 Å². The van der Waals surface area contributed by atoms with Crippen LogP contribution in [0.3, 0.4) is 0 Å². The summed E-state index contributed by atoms with van der Waals surface area (Å²) in [5, 5.41) is 7.81. The molecule has 1 aliphatic rings. The van der Waals surface area contributed by atoms with Crippen LogP contribution in [-0.4, -0.2) is 51.9 Å². The molecule has 2 heterocycles. The van der Waals surface area contributed by atoms with E-state index in [1.54, 1.807) is 28.5 Å². The lowest BCUT2D eigenvalue weighted by molar-refractivity contribution is -0.133. The predicted octanol–water partition coefficient (Wildman–Crippen LogP) is 5.05. The van der Waals surface area contributed by atoms with Crippen LogP contribution in [0.1, 0.15) is 28.5 Å². The van der Waals surface area contributed by atoms with Crippen LogP contribution in [0.4, 0.5) is 0 Å². The Morgan fingerprint density at radius 2 is 1.74 bits per heavy atom. The smallest absolute Gasteiger partial charge is 0.273 e. The van der Waals surface area contributed by atoms with E-state index >= 15 is 0 Å². The van der Waals surface area contributed by atoms with E-state index in [0.717, 1.165) is 22.4 Å². The molecule has 0 aliphatic carbocycles. The van der Waals surface area contributed by atoms with Crippen molar-refractivity contribution >= 4 is 23.6 Å². The minimum absolute atomic E-state index is 0.202. The molecule has 4 aromatic rings. The molecule has 0 bridgehead atoms. The Hall–Kier alpha value is -4.04. The molecule has 8 heteroatoms. The number of ether oxygens (including phenoxy) is 1. The molecule has 3 aromatic carbocycles. The Labute approximate surface area is 233 Å². The van der Waals surface area contributed by atoms with E-state index < -0.39 is 5.54 Å². The van der Waals surface area contributed by atoms with Gasteiger partial charge in [0, 0.05) is 23.5 Å². The first-order valence-electron chi connectivity index (χ1n) is 12.9. The highest BCUT2D eigenvalue weighted by Gasteiger charge is 2.47. The van der Waals surface area contributed by atoms with Gasteiger partial charge in [0.15, 0.2) is 0 Å². The lowest BCUT2D eigenvalue weighted by atomic mass is 9.94. The van der Waals surface area contributed by atoms with Crippen molar-refractivity contribution in [1.29, 1.82) is 0 Å². The average Bonchev–Trinajstić information content (AvgIpc) is 3.40. The number of hydrogen-bond donors (Lipinski definition) is 1. The lowest BCUT2D eigenvalue weighted by Gasteiger charge is -2.43. The second-order valence-electron chi connectivity index (χ2n) is 9.80. The molecule has 0 spiro atoms. The molecule has 1 N–H and O–H groups in total. The SMILES string of the molecule is COc1ccc(-c2cc3n(n2)C[C@@](C)(C(=O)NCc2ccccc2)N(CCc2ccc(SC)cc2)C3=O)cc1. The predicted molar refractivity (Wildman–Crippen MR) is 154 cm³/mol. The molecule has 0 fully saturated rings. The van der Waals surface area contributed by atoms with E-state index in [1.807, 2.05) is 73.8 Å². The van der Waals surface area contributed by atoms with Gasteiger partial charge in [0.1, 0.15) is 17.0 Å². The van der Waals surface area contributed by atoms with Crippen molar-refractivity contribution < 1.29 is 14.3 Å². The maximum absolute atomic E-state index is 13.9. The molecule has 200 valence electrons. The van der Waals surface area contributed by atoms with Crippen LogP contribution in [0.25, 0.3) is 11.3 Å². The molecule has 39 heavy (non-hydrogen) atoms. The van der Waals surface area contributed by atoms with Gasteiger partial charge in [0.05, 0.1) is 19.3 Å². The molecule has 1 aliphatic heterocycles. The number of nitrogens with zero attached hydrogens (tertiary/aromatic N) is 3. The summed E-state index contributed by atoms with van der Waals surface area (Å²) in [4.78, 5) is 30.6. The number of nitrogens with one attached hydrogen (secondary N) is 1. The number of rotatable bonds is 9. The molecule has 0 saturated carbocycles. The molecular formula is C31H32N4O3S. The fourth-order valence-electron chi connectivity index (χ4n) is 4.90. The lowest BCUT2D eigenvalue weighted by Crippen LogP contribution is -2.64. The fourth-order valence-corrected chi connectivity index (χ4v) is 5.30. The summed E-state index contributed by atoms with van der Waals surface area (Å²) in [6.45, 7) is 2.89. The first-order chi connectivity index (χ1) is 18.9. The maximum atomic E-state index is 13.9. The molecule has 0 saturated heterocycles. The van der Waals surface area contributed by atoms with Gasteiger partial charge in [0.25, 0.3) is 5.91 Å².